The first-order chi connectivity index (χ1) is 12.5. The number of halogens is 1. The number of hydrogen-bond donors (Lipinski definition) is 3. The molecule has 0 saturated carbocycles. The van der Waals surface area contributed by atoms with E-state index in [9.17, 15) is 14.3 Å². The van der Waals surface area contributed by atoms with Crippen LogP contribution in [0.25, 0.3) is 11.1 Å². The molecule has 0 aliphatic carbocycles. The Morgan fingerprint density at radius 3 is 2.50 bits per heavy atom. The van der Waals surface area contributed by atoms with E-state index < -0.39 is 11.7 Å². The normalized spacial score (nSPS) is 10.5. The highest BCUT2D eigenvalue weighted by Gasteiger charge is 2.16. The van der Waals surface area contributed by atoms with E-state index in [4.69, 9.17) is 0 Å². The number of benzene rings is 3. The molecular weight excluding hydrogens is 351 g/mol. The molecule has 3 aromatic carbocycles. The minimum Gasteiger partial charge on any atom is -0.508 e. The Kier molecular flexibility index (Phi) is 5.55. The molecule has 3 aromatic rings. The van der Waals surface area contributed by atoms with Crippen LogP contribution >= 0.6 is 11.9 Å². The lowest BCUT2D eigenvalue weighted by molar-refractivity contribution is 0.0943. The maximum Gasteiger partial charge on any atom is 0.269 e. The van der Waals surface area contributed by atoms with Crippen LogP contribution in [0.15, 0.2) is 71.6 Å². The second kappa shape index (κ2) is 8.03. The summed E-state index contributed by atoms with van der Waals surface area (Å²) in [6, 6.07) is 19.3. The molecule has 0 atom stereocenters. The number of carbonyl (C=O) groups is 1. The van der Waals surface area contributed by atoms with Gasteiger partial charge in [-0.25, -0.2) is 4.39 Å². The smallest absolute Gasteiger partial charge is 0.269 e. The van der Waals surface area contributed by atoms with Gasteiger partial charge in [-0.05, 0) is 65.9 Å². The van der Waals surface area contributed by atoms with Gasteiger partial charge >= 0.3 is 0 Å². The van der Waals surface area contributed by atoms with Crippen molar-refractivity contribution in [2.75, 3.05) is 0 Å². The fourth-order valence-electron chi connectivity index (χ4n) is 2.48. The van der Waals surface area contributed by atoms with Crippen molar-refractivity contribution >= 4 is 17.9 Å². The number of hydrogen-bond acceptors (Lipinski definition) is 4. The zero-order valence-corrected chi connectivity index (χ0v) is 14.8. The third kappa shape index (κ3) is 4.22. The maximum atomic E-state index is 14.4. The van der Waals surface area contributed by atoms with Crippen molar-refractivity contribution in [1.82, 2.24) is 10.3 Å². The van der Waals surface area contributed by atoms with E-state index in [0.717, 1.165) is 23.1 Å². The third-order valence-electron chi connectivity index (χ3n) is 3.76. The third-order valence-corrected chi connectivity index (χ3v) is 4.45. The largest absolute Gasteiger partial charge is 0.508 e. The topological polar surface area (TPSA) is 61.4 Å². The molecule has 0 heterocycles. The van der Waals surface area contributed by atoms with Crippen LogP contribution in [-0.2, 0) is 0 Å². The van der Waals surface area contributed by atoms with Crippen LogP contribution in [0.1, 0.15) is 15.9 Å². The first kappa shape index (κ1) is 18.0. The predicted octanol–water partition coefficient (Wildman–Crippen LogP) is 4.45. The van der Waals surface area contributed by atoms with Crippen LogP contribution in [0, 0.1) is 12.7 Å². The quantitative estimate of drug-likeness (QED) is 0.460. The number of carbonyl (C=O) groups excluding carboxylic acids is 1. The van der Waals surface area contributed by atoms with Gasteiger partial charge in [0.15, 0.2) is 0 Å². The average Bonchev–Trinajstić information content (AvgIpc) is 2.64. The molecule has 0 fully saturated rings. The second-order valence-electron chi connectivity index (χ2n) is 5.68. The molecule has 4 nitrogen and oxygen atoms in total. The summed E-state index contributed by atoms with van der Waals surface area (Å²) in [5, 5.41) is 9.43. The Morgan fingerprint density at radius 1 is 1.00 bits per heavy atom. The zero-order valence-electron chi connectivity index (χ0n) is 14.0. The highest BCUT2D eigenvalue weighted by molar-refractivity contribution is 7.97. The molecule has 0 radical (unpaired) electrons. The van der Waals surface area contributed by atoms with E-state index in [1.165, 1.54) is 6.07 Å². The number of aromatic hydroxyl groups is 1. The van der Waals surface area contributed by atoms with E-state index in [0.29, 0.717) is 10.5 Å². The summed E-state index contributed by atoms with van der Waals surface area (Å²) in [6.45, 7) is 1.63. The molecule has 6 heteroatoms. The Labute approximate surface area is 155 Å². The zero-order chi connectivity index (χ0) is 18.5. The fourth-order valence-corrected chi connectivity index (χ4v) is 3.07. The lowest BCUT2D eigenvalue weighted by Crippen LogP contribution is -2.33. The van der Waals surface area contributed by atoms with Crippen LogP contribution in [0.2, 0.25) is 0 Å². The van der Waals surface area contributed by atoms with Crippen molar-refractivity contribution in [1.29, 1.82) is 0 Å². The molecule has 0 aliphatic heterocycles. The molecule has 0 saturated heterocycles. The van der Waals surface area contributed by atoms with E-state index in [1.54, 1.807) is 37.3 Å². The Balaban J connectivity index is 1.75. The van der Waals surface area contributed by atoms with Crippen LogP contribution < -0.4 is 10.3 Å². The van der Waals surface area contributed by atoms with Gasteiger partial charge in [0.05, 0.1) is 5.56 Å². The number of rotatable bonds is 5. The Morgan fingerprint density at radius 2 is 1.77 bits per heavy atom. The summed E-state index contributed by atoms with van der Waals surface area (Å²) in [5.74, 6) is -0.997. The molecule has 0 unspecified atom stereocenters. The second-order valence-corrected chi connectivity index (χ2v) is 6.56. The highest BCUT2D eigenvalue weighted by atomic mass is 32.2. The van der Waals surface area contributed by atoms with E-state index >= 15 is 0 Å². The number of amides is 1. The fraction of sp³-hybridized carbons (Fsp3) is 0.0500. The Bertz CT molecular complexity index is 932. The lowest BCUT2D eigenvalue weighted by atomic mass is 9.99. The molecule has 26 heavy (non-hydrogen) atoms. The lowest BCUT2D eigenvalue weighted by Gasteiger charge is -2.11. The minimum atomic E-state index is -0.573. The van der Waals surface area contributed by atoms with Gasteiger partial charge < -0.3 is 5.11 Å². The molecule has 0 bridgehead atoms. The average molecular weight is 368 g/mol. The molecule has 132 valence electrons. The van der Waals surface area contributed by atoms with Gasteiger partial charge in [0.25, 0.3) is 5.91 Å². The summed E-state index contributed by atoms with van der Waals surface area (Å²) < 4.78 is 14.4. The first-order valence-electron chi connectivity index (χ1n) is 7.91. The summed E-state index contributed by atoms with van der Waals surface area (Å²) in [6.07, 6.45) is 0. The number of aryl methyl sites for hydroxylation is 1. The van der Waals surface area contributed by atoms with E-state index in [-0.39, 0.29) is 11.3 Å². The molecule has 1 amide bonds. The SMILES string of the molecule is Cc1cc(-c2ccccc2)cc(C(=O)NNSc2cccc(O)c2)c1F. The van der Waals surface area contributed by atoms with Crippen molar-refractivity contribution in [3.63, 3.8) is 0 Å². The summed E-state index contributed by atoms with van der Waals surface area (Å²) in [5.41, 5.74) is 4.51. The number of phenolic OH excluding ortho intramolecular Hbond substituents is 1. The van der Waals surface area contributed by atoms with Crippen LogP contribution in [-0.4, -0.2) is 11.0 Å². The number of phenols is 1. The first-order valence-corrected chi connectivity index (χ1v) is 8.73. The molecular formula is C20H17FN2O2S. The van der Waals surface area contributed by atoms with Gasteiger partial charge in [0.2, 0.25) is 0 Å². The van der Waals surface area contributed by atoms with Gasteiger partial charge in [-0.3, -0.25) is 10.2 Å². The highest BCUT2D eigenvalue weighted by Crippen LogP contribution is 2.25. The van der Waals surface area contributed by atoms with Crippen molar-refractivity contribution in [2.24, 2.45) is 0 Å². The summed E-state index contributed by atoms with van der Waals surface area (Å²) >= 11 is 1.10. The number of hydrazine groups is 1. The van der Waals surface area contributed by atoms with Gasteiger partial charge in [0.1, 0.15) is 11.6 Å². The molecule has 0 aromatic heterocycles. The van der Waals surface area contributed by atoms with Gasteiger partial charge in [0, 0.05) is 4.90 Å². The Hall–Kier alpha value is -2.83. The van der Waals surface area contributed by atoms with Gasteiger partial charge in [-0.1, -0.05) is 36.4 Å². The number of nitrogens with one attached hydrogen (secondary N) is 2. The van der Waals surface area contributed by atoms with E-state index in [2.05, 4.69) is 10.3 Å². The molecule has 0 aliphatic rings. The van der Waals surface area contributed by atoms with Crippen LogP contribution in [0.4, 0.5) is 4.39 Å². The van der Waals surface area contributed by atoms with Crippen LogP contribution in [0.5, 0.6) is 5.75 Å². The maximum absolute atomic E-state index is 14.4. The van der Waals surface area contributed by atoms with Gasteiger partial charge in [-0.2, -0.15) is 4.83 Å². The van der Waals surface area contributed by atoms with Crippen molar-refractivity contribution in [2.45, 2.75) is 11.8 Å². The molecule has 0 spiro atoms. The van der Waals surface area contributed by atoms with Crippen LogP contribution in [0.3, 0.4) is 0 Å². The summed E-state index contributed by atoms with van der Waals surface area (Å²) in [7, 11) is 0. The minimum absolute atomic E-state index is 0.0344. The molecule has 3 N–H and O–H groups in total. The predicted molar refractivity (Wildman–Crippen MR) is 101 cm³/mol. The van der Waals surface area contributed by atoms with Crippen molar-refractivity contribution in [3.8, 4) is 16.9 Å². The standard InChI is InChI=1S/C20H17FN2O2S/c1-13-10-15(14-6-3-2-4-7-14)11-18(19(13)21)20(25)22-23-26-17-9-5-8-16(24)12-17/h2-12,23-24H,1H3,(H,22,25). The summed E-state index contributed by atoms with van der Waals surface area (Å²) in [4.78, 5) is 15.8. The van der Waals surface area contributed by atoms with Crippen molar-refractivity contribution < 1.29 is 14.3 Å². The molecule has 3 rings (SSSR count). The monoisotopic (exact) mass is 368 g/mol. The van der Waals surface area contributed by atoms with Crippen molar-refractivity contribution in [3.05, 3.63) is 83.7 Å². The van der Waals surface area contributed by atoms with E-state index in [1.807, 2.05) is 30.3 Å². The van der Waals surface area contributed by atoms with Gasteiger partial charge in [-0.15, -0.1) is 0 Å².